The molecule has 0 amide bonds. The molecule has 1 aromatic carbocycles. The van der Waals surface area contributed by atoms with Gasteiger partial charge in [-0.05, 0) is 75.3 Å². The predicted molar refractivity (Wildman–Crippen MR) is 172 cm³/mol. The van der Waals surface area contributed by atoms with E-state index < -0.39 is 80.1 Å². The molecule has 50 heavy (non-hydrogen) atoms. The normalized spacial score (nSPS) is 40.0. The first-order valence-electron chi connectivity index (χ1n) is 17.2. The van der Waals surface area contributed by atoms with Crippen molar-refractivity contribution >= 4 is 11.8 Å². The van der Waals surface area contributed by atoms with Crippen molar-refractivity contribution in [3.05, 3.63) is 17.7 Å². The Morgan fingerprint density at radius 1 is 1.02 bits per heavy atom. The molecule has 1 aromatic rings. The zero-order valence-corrected chi connectivity index (χ0v) is 29.4. The van der Waals surface area contributed by atoms with E-state index in [-0.39, 0.29) is 46.3 Å². The number of aliphatic hydroxyl groups is 5. The molecule has 4 fully saturated rings. The highest BCUT2D eigenvalue weighted by atomic mass is 16.8. The smallest absolute Gasteiger partial charge is 0.338 e. The Morgan fingerprint density at radius 2 is 1.68 bits per heavy atom. The van der Waals surface area contributed by atoms with Crippen LogP contribution >= 0.6 is 0 Å². The van der Waals surface area contributed by atoms with Crippen LogP contribution in [0, 0.1) is 29.6 Å². The Bertz CT molecular complexity index is 1350. The van der Waals surface area contributed by atoms with Gasteiger partial charge < -0.3 is 63.8 Å². The number of ether oxygens (including phenoxy) is 7. The third-order valence-electron chi connectivity index (χ3n) is 11.3. The Hall–Kier alpha value is -2.60. The maximum Gasteiger partial charge on any atom is 0.338 e. The van der Waals surface area contributed by atoms with Gasteiger partial charge in [0.25, 0.3) is 0 Å². The van der Waals surface area contributed by atoms with E-state index in [0.717, 1.165) is 19.3 Å². The highest BCUT2D eigenvalue weighted by Crippen LogP contribution is 2.56. The molecule has 2 heterocycles. The summed E-state index contributed by atoms with van der Waals surface area (Å²) >= 11 is 0. The fourth-order valence-electron chi connectivity index (χ4n) is 8.46. The average Bonchev–Trinajstić information content (AvgIpc) is 3.66. The van der Waals surface area contributed by atoms with Crippen LogP contribution in [-0.4, -0.2) is 131 Å². The van der Waals surface area contributed by atoms with E-state index >= 15 is 0 Å². The SMILES string of the molecule is COc1cc(C(=O)OCC2(O)COC(OC3C(OC4(C)CCC(C(C)C)C5C(C(C)=O)CCC54)OC(CO)C(O)C3O)C2O)cc(OC)c1O. The van der Waals surface area contributed by atoms with Crippen molar-refractivity contribution in [3.8, 4) is 17.2 Å². The minimum absolute atomic E-state index is 0.0139. The molecule has 0 bridgehead atoms. The van der Waals surface area contributed by atoms with Crippen LogP contribution in [0.3, 0.4) is 0 Å². The minimum Gasteiger partial charge on any atom is -0.502 e. The number of Topliss-reactive ketones (excluding diaryl/α,β-unsaturated/α-hetero) is 1. The van der Waals surface area contributed by atoms with Crippen molar-refractivity contribution in [2.24, 2.45) is 29.6 Å². The molecule has 6 N–H and O–H groups in total. The van der Waals surface area contributed by atoms with Gasteiger partial charge in [-0.2, -0.15) is 0 Å². The second-order valence-corrected chi connectivity index (χ2v) is 14.7. The van der Waals surface area contributed by atoms with Gasteiger partial charge in [0, 0.05) is 5.92 Å². The summed E-state index contributed by atoms with van der Waals surface area (Å²) in [6.45, 7) is 6.02. The van der Waals surface area contributed by atoms with Gasteiger partial charge in [-0.3, -0.25) is 4.79 Å². The van der Waals surface area contributed by atoms with Gasteiger partial charge in [-0.15, -0.1) is 0 Å². The van der Waals surface area contributed by atoms with Crippen LogP contribution in [0.1, 0.15) is 63.7 Å². The van der Waals surface area contributed by atoms with Crippen molar-refractivity contribution in [3.63, 3.8) is 0 Å². The molecule has 15 heteroatoms. The van der Waals surface area contributed by atoms with Gasteiger partial charge in [0.15, 0.2) is 29.7 Å². The van der Waals surface area contributed by atoms with E-state index in [2.05, 4.69) is 13.8 Å². The number of aliphatic hydroxyl groups excluding tert-OH is 4. The number of methoxy groups -OCH3 is 2. The van der Waals surface area contributed by atoms with Gasteiger partial charge >= 0.3 is 5.97 Å². The molecule has 13 atom stereocenters. The first kappa shape index (κ1) is 38.6. The van der Waals surface area contributed by atoms with E-state index in [1.807, 2.05) is 6.92 Å². The van der Waals surface area contributed by atoms with Crippen LogP contribution < -0.4 is 9.47 Å². The number of hydrogen-bond donors (Lipinski definition) is 6. The van der Waals surface area contributed by atoms with Crippen LogP contribution in [0.4, 0.5) is 0 Å². The van der Waals surface area contributed by atoms with Gasteiger partial charge in [-0.25, -0.2) is 4.79 Å². The van der Waals surface area contributed by atoms with Crippen LogP contribution in [0.2, 0.25) is 0 Å². The standard InChI is InChI=1S/C35H52O15/c1-16(2)19-9-10-34(4,21-8-7-20(17(3)37)25(19)21)50-32-29(28(40)27(39)24(13-36)48-32)49-33-30(41)35(43,15-47-33)14-46-31(42)18-11-22(44-5)26(38)23(12-18)45-6/h11-12,16,19-21,24-25,27-30,32-33,36,38-41,43H,7-10,13-15H2,1-6H3. The third-order valence-corrected chi connectivity index (χ3v) is 11.3. The molecule has 15 nitrogen and oxygen atoms in total. The molecular formula is C35H52O15. The number of hydrogen-bond acceptors (Lipinski definition) is 15. The largest absolute Gasteiger partial charge is 0.502 e. The summed E-state index contributed by atoms with van der Waals surface area (Å²) in [7, 11) is 2.58. The summed E-state index contributed by atoms with van der Waals surface area (Å²) in [5, 5.41) is 64.5. The van der Waals surface area contributed by atoms with Crippen molar-refractivity contribution in [1.82, 2.24) is 0 Å². The Kier molecular flexibility index (Phi) is 11.7. The van der Waals surface area contributed by atoms with Crippen LogP contribution in [0.15, 0.2) is 12.1 Å². The average molecular weight is 713 g/mol. The first-order chi connectivity index (χ1) is 23.6. The predicted octanol–water partition coefficient (Wildman–Crippen LogP) is 0.911. The molecule has 0 radical (unpaired) electrons. The molecule has 2 aliphatic heterocycles. The van der Waals surface area contributed by atoms with Gasteiger partial charge in [0.2, 0.25) is 5.75 Å². The molecule has 2 aliphatic carbocycles. The van der Waals surface area contributed by atoms with E-state index in [1.54, 1.807) is 6.92 Å². The number of carbonyl (C=O) groups excluding carboxylic acids is 2. The highest BCUT2D eigenvalue weighted by Gasteiger charge is 2.58. The summed E-state index contributed by atoms with van der Waals surface area (Å²) in [6, 6.07) is 2.44. The quantitative estimate of drug-likeness (QED) is 0.166. The second kappa shape index (κ2) is 15.2. The second-order valence-electron chi connectivity index (χ2n) is 14.7. The zero-order chi connectivity index (χ0) is 36.7. The number of rotatable bonds is 12. The van der Waals surface area contributed by atoms with E-state index in [0.29, 0.717) is 18.3 Å². The number of aromatic hydroxyl groups is 1. The van der Waals surface area contributed by atoms with Crippen molar-refractivity contribution < 1.29 is 73.4 Å². The lowest BCUT2D eigenvalue weighted by molar-refractivity contribution is -0.361. The minimum atomic E-state index is -2.14. The summed E-state index contributed by atoms with van der Waals surface area (Å²) in [5.41, 5.74) is -3.03. The molecular weight excluding hydrogens is 660 g/mol. The number of benzene rings is 1. The topological polar surface area (TPSA) is 220 Å². The summed E-state index contributed by atoms with van der Waals surface area (Å²) in [4.78, 5) is 25.6. The number of ketones is 1. The lowest BCUT2D eigenvalue weighted by Gasteiger charge is -2.52. The van der Waals surface area contributed by atoms with Crippen LogP contribution in [-0.2, 0) is 28.5 Å². The fraction of sp³-hybridized carbons (Fsp3) is 0.771. The van der Waals surface area contributed by atoms with Gasteiger partial charge in [-0.1, -0.05) is 13.8 Å². The number of fused-ring (bicyclic) bond motifs is 1. The highest BCUT2D eigenvalue weighted by molar-refractivity contribution is 5.91. The third kappa shape index (κ3) is 7.21. The molecule has 2 saturated heterocycles. The van der Waals surface area contributed by atoms with E-state index in [4.69, 9.17) is 33.2 Å². The number of phenols is 1. The Labute approximate surface area is 291 Å². The maximum absolute atomic E-state index is 12.9. The molecule has 0 spiro atoms. The van der Waals surface area contributed by atoms with Crippen molar-refractivity contribution in [1.29, 1.82) is 0 Å². The Morgan fingerprint density at radius 3 is 2.26 bits per heavy atom. The number of carbonyl (C=O) groups is 2. The molecule has 0 aromatic heterocycles. The number of esters is 1. The molecule has 13 unspecified atom stereocenters. The van der Waals surface area contributed by atoms with E-state index in [1.165, 1.54) is 26.4 Å². The summed E-state index contributed by atoms with van der Waals surface area (Å²) < 4.78 is 39.7. The van der Waals surface area contributed by atoms with Gasteiger partial charge in [0.05, 0.1) is 38.6 Å². The summed E-state index contributed by atoms with van der Waals surface area (Å²) in [6.07, 6.45) is -7.71. The lowest BCUT2D eigenvalue weighted by atomic mass is 9.61. The first-order valence-corrected chi connectivity index (χ1v) is 17.2. The van der Waals surface area contributed by atoms with Gasteiger partial charge in [0.1, 0.15) is 42.9 Å². The fourth-order valence-corrected chi connectivity index (χ4v) is 8.46. The maximum atomic E-state index is 12.9. The molecule has 4 aliphatic rings. The van der Waals surface area contributed by atoms with Crippen molar-refractivity contribution in [2.45, 2.75) is 108 Å². The zero-order valence-electron chi connectivity index (χ0n) is 29.4. The number of phenolic OH excluding ortho intramolecular Hbond substituents is 1. The summed E-state index contributed by atoms with van der Waals surface area (Å²) in [5.74, 6) is -0.551. The monoisotopic (exact) mass is 712 g/mol. The molecule has 2 saturated carbocycles. The van der Waals surface area contributed by atoms with Crippen LogP contribution in [0.5, 0.6) is 17.2 Å². The van der Waals surface area contributed by atoms with Crippen molar-refractivity contribution in [2.75, 3.05) is 34.0 Å². The molecule has 5 rings (SSSR count). The Balaban J connectivity index is 1.31. The lowest BCUT2D eigenvalue weighted by Crippen LogP contribution is -2.63. The van der Waals surface area contributed by atoms with E-state index in [9.17, 15) is 40.2 Å². The van der Waals surface area contributed by atoms with Crippen LogP contribution in [0.25, 0.3) is 0 Å². The molecule has 282 valence electrons.